The van der Waals surface area contributed by atoms with Gasteiger partial charge in [0.25, 0.3) is 5.91 Å². The molecule has 0 radical (unpaired) electrons. The maximum atomic E-state index is 13.0. The lowest BCUT2D eigenvalue weighted by Crippen LogP contribution is -2.32. The molecule has 1 atom stereocenters. The van der Waals surface area contributed by atoms with Gasteiger partial charge in [-0.05, 0) is 37.1 Å². The number of ether oxygens (including phenoxy) is 1. The summed E-state index contributed by atoms with van der Waals surface area (Å²) in [6, 6.07) is 11.7. The molecule has 3 nitrogen and oxygen atoms in total. The SMILES string of the molecule is CC[C@H](NC(=O)COc1ccc(F)cc1Cl)c1ccc(C)cc1. The van der Waals surface area contributed by atoms with Crippen molar-refractivity contribution in [2.75, 3.05) is 6.61 Å². The smallest absolute Gasteiger partial charge is 0.258 e. The molecule has 0 aromatic heterocycles. The lowest BCUT2D eigenvalue weighted by molar-refractivity contribution is -0.123. The van der Waals surface area contributed by atoms with Gasteiger partial charge >= 0.3 is 0 Å². The molecule has 1 N–H and O–H groups in total. The Hall–Kier alpha value is -2.07. The van der Waals surface area contributed by atoms with Crippen LogP contribution in [-0.2, 0) is 4.79 Å². The van der Waals surface area contributed by atoms with E-state index in [1.54, 1.807) is 0 Å². The summed E-state index contributed by atoms with van der Waals surface area (Å²) in [4.78, 5) is 12.1. The topological polar surface area (TPSA) is 38.3 Å². The van der Waals surface area contributed by atoms with E-state index < -0.39 is 5.82 Å². The summed E-state index contributed by atoms with van der Waals surface area (Å²) in [6.45, 7) is 3.85. The molecule has 1 amide bonds. The highest BCUT2D eigenvalue weighted by Crippen LogP contribution is 2.24. The zero-order valence-corrected chi connectivity index (χ0v) is 13.9. The first-order valence-corrected chi connectivity index (χ1v) is 7.81. The quantitative estimate of drug-likeness (QED) is 0.847. The van der Waals surface area contributed by atoms with E-state index in [4.69, 9.17) is 16.3 Å². The minimum absolute atomic E-state index is 0.0737. The second-order valence-corrected chi connectivity index (χ2v) is 5.71. The Morgan fingerprint density at radius 3 is 2.57 bits per heavy atom. The molecule has 0 spiro atoms. The number of hydrogen-bond acceptors (Lipinski definition) is 2. The Bertz CT molecular complexity index is 673. The summed E-state index contributed by atoms with van der Waals surface area (Å²) < 4.78 is 18.3. The number of nitrogens with one attached hydrogen (secondary N) is 1. The van der Waals surface area contributed by atoms with Crippen LogP contribution in [0.4, 0.5) is 4.39 Å². The second-order valence-electron chi connectivity index (χ2n) is 5.30. The Morgan fingerprint density at radius 2 is 1.96 bits per heavy atom. The predicted octanol–water partition coefficient (Wildman–Crippen LogP) is 4.43. The van der Waals surface area contributed by atoms with Gasteiger partial charge in [-0.1, -0.05) is 48.4 Å². The van der Waals surface area contributed by atoms with Crippen molar-refractivity contribution in [2.24, 2.45) is 0 Å². The van der Waals surface area contributed by atoms with E-state index >= 15 is 0 Å². The van der Waals surface area contributed by atoms with Gasteiger partial charge in [0.1, 0.15) is 11.6 Å². The maximum Gasteiger partial charge on any atom is 0.258 e. The minimum Gasteiger partial charge on any atom is -0.482 e. The van der Waals surface area contributed by atoms with E-state index in [2.05, 4.69) is 5.32 Å². The standard InChI is InChI=1S/C18H19ClFNO2/c1-3-16(13-6-4-12(2)5-7-13)21-18(22)11-23-17-9-8-14(20)10-15(17)19/h4-10,16H,3,11H2,1-2H3,(H,21,22)/t16-/m0/s1. The van der Waals surface area contributed by atoms with Gasteiger partial charge in [-0.25, -0.2) is 4.39 Å². The number of amides is 1. The largest absolute Gasteiger partial charge is 0.482 e. The zero-order valence-electron chi connectivity index (χ0n) is 13.1. The number of rotatable bonds is 6. The highest BCUT2D eigenvalue weighted by molar-refractivity contribution is 6.32. The van der Waals surface area contributed by atoms with Gasteiger partial charge in [-0.2, -0.15) is 0 Å². The first-order chi connectivity index (χ1) is 11.0. The van der Waals surface area contributed by atoms with Crippen LogP contribution in [-0.4, -0.2) is 12.5 Å². The van der Waals surface area contributed by atoms with E-state index in [-0.39, 0.29) is 29.3 Å². The molecular weight excluding hydrogens is 317 g/mol. The first kappa shape index (κ1) is 17.3. The number of aryl methyl sites for hydroxylation is 1. The van der Waals surface area contributed by atoms with Gasteiger partial charge in [0.15, 0.2) is 6.61 Å². The number of benzene rings is 2. The highest BCUT2D eigenvalue weighted by atomic mass is 35.5. The van der Waals surface area contributed by atoms with Crippen LogP contribution >= 0.6 is 11.6 Å². The molecule has 0 bridgehead atoms. The van der Waals surface area contributed by atoms with E-state index in [1.165, 1.54) is 17.7 Å². The van der Waals surface area contributed by atoms with Gasteiger partial charge in [-0.3, -0.25) is 4.79 Å². The fraction of sp³-hybridized carbons (Fsp3) is 0.278. The van der Waals surface area contributed by atoms with Gasteiger partial charge in [0.2, 0.25) is 0 Å². The molecule has 23 heavy (non-hydrogen) atoms. The Balaban J connectivity index is 1.93. The number of carbonyl (C=O) groups excluding carboxylic acids is 1. The normalized spacial score (nSPS) is 11.8. The van der Waals surface area contributed by atoms with Gasteiger partial charge in [0, 0.05) is 0 Å². The minimum atomic E-state index is -0.447. The van der Waals surface area contributed by atoms with E-state index in [0.717, 1.165) is 18.1 Å². The molecule has 5 heteroatoms. The summed E-state index contributed by atoms with van der Waals surface area (Å²) in [5.41, 5.74) is 2.22. The summed E-state index contributed by atoms with van der Waals surface area (Å²) in [6.07, 6.45) is 0.770. The van der Waals surface area contributed by atoms with Crippen molar-refractivity contribution in [3.63, 3.8) is 0 Å². The van der Waals surface area contributed by atoms with Crippen LogP contribution in [0, 0.1) is 12.7 Å². The molecular formula is C18H19ClFNO2. The lowest BCUT2D eigenvalue weighted by Gasteiger charge is -2.18. The average Bonchev–Trinajstić information content (AvgIpc) is 2.52. The highest BCUT2D eigenvalue weighted by Gasteiger charge is 2.13. The van der Waals surface area contributed by atoms with Crippen LogP contribution in [0.3, 0.4) is 0 Å². The van der Waals surface area contributed by atoms with Crippen molar-refractivity contribution in [3.8, 4) is 5.75 Å². The summed E-state index contributed by atoms with van der Waals surface area (Å²) in [5, 5.41) is 3.06. The van der Waals surface area contributed by atoms with E-state index in [9.17, 15) is 9.18 Å². The molecule has 0 aliphatic rings. The molecule has 0 aliphatic heterocycles. The molecule has 0 aliphatic carbocycles. The van der Waals surface area contributed by atoms with Crippen LogP contribution in [0.2, 0.25) is 5.02 Å². The summed E-state index contributed by atoms with van der Waals surface area (Å²) in [7, 11) is 0. The molecule has 122 valence electrons. The molecule has 0 saturated heterocycles. The third-order valence-corrected chi connectivity index (χ3v) is 3.77. The molecule has 0 unspecified atom stereocenters. The first-order valence-electron chi connectivity index (χ1n) is 7.43. The van der Waals surface area contributed by atoms with Crippen LogP contribution in [0.15, 0.2) is 42.5 Å². The molecule has 2 aromatic rings. The third-order valence-electron chi connectivity index (χ3n) is 3.48. The van der Waals surface area contributed by atoms with Crippen molar-refractivity contribution in [1.82, 2.24) is 5.32 Å². The van der Waals surface area contributed by atoms with Crippen LogP contribution in [0.5, 0.6) is 5.75 Å². The summed E-state index contributed by atoms with van der Waals surface area (Å²) in [5.74, 6) is -0.415. The summed E-state index contributed by atoms with van der Waals surface area (Å²) >= 11 is 5.86. The number of halogens is 2. The second kappa shape index (κ2) is 7.97. The molecule has 0 fully saturated rings. The fourth-order valence-corrected chi connectivity index (χ4v) is 2.41. The van der Waals surface area contributed by atoms with Gasteiger partial charge in [0.05, 0.1) is 11.1 Å². The number of hydrogen-bond donors (Lipinski definition) is 1. The maximum absolute atomic E-state index is 13.0. The van der Waals surface area contributed by atoms with E-state index in [0.29, 0.717) is 0 Å². The molecule has 0 saturated carbocycles. The Kier molecular flexibility index (Phi) is 5.99. The van der Waals surface area contributed by atoms with E-state index in [1.807, 2.05) is 38.1 Å². The monoisotopic (exact) mass is 335 g/mol. The molecule has 2 rings (SSSR count). The lowest BCUT2D eigenvalue weighted by atomic mass is 10.0. The van der Waals surface area contributed by atoms with Gasteiger partial charge < -0.3 is 10.1 Å². The number of carbonyl (C=O) groups is 1. The van der Waals surface area contributed by atoms with Crippen LogP contribution < -0.4 is 10.1 Å². The van der Waals surface area contributed by atoms with Crippen molar-refractivity contribution in [1.29, 1.82) is 0 Å². The van der Waals surface area contributed by atoms with Crippen molar-refractivity contribution in [2.45, 2.75) is 26.3 Å². The fourth-order valence-electron chi connectivity index (χ4n) is 2.19. The molecule has 2 aromatic carbocycles. The van der Waals surface area contributed by atoms with Crippen molar-refractivity contribution in [3.05, 3.63) is 64.4 Å². The van der Waals surface area contributed by atoms with Crippen LogP contribution in [0.1, 0.15) is 30.5 Å². The Morgan fingerprint density at radius 1 is 1.26 bits per heavy atom. The molecule has 0 heterocycles. The average molecular weight is 336 g/mol. The van der Waals surface area contributed by atoms with Gasteiger partial charge in [-0.15, -0.1) is 0 Å². The van der Waals surface area contributed by atoms with Crippen molar-refractivity contribution < 1.29 is 13.9 Å². The zero-order chi connectivity index (χ0) is 16.8. The van der Waals surface area contributed by atoms with Crippen LogP contribution in [0.25, 0.3) is 0 Å². The Labute approximate surface area is 140 Å². The van der Waals surface area contributed by atoms with Crippen molar-refractivity contribution >= 4 is 17.5 Å². The predicted molar refractivity (Wildman–Crippen MR) is 89.3 cm³/mol. The third kappa shape index (κ3) is 4.96.